The van der Waals surface area contributed by atoms with Crippen molar-refractivity contribution in [1.29, 1.82) is 0 Å². The molecule has 1 unspecified atom stereocenters. The van der Waals surface area contributed by atoms with E-state index in [1.54, 1.807) is 6.26 Å². The number of nitrogens with two attached hydrogens (primary N) is 1. The lowest BCUT2D eigenvalue weighted by Crippen LogP contribution is -2.41. The van der Waals surface area contributed by atoms with Crippen molar-refractivity contribution in [1.82, 2.24) is 5.43 Å². The number of rotatable bonds is 6. The minimum absolute atomic E-state index is 0.0290. The Morgan fingerprint density at radius 2 is 2.00 bits per heavy atom. The smallest absolute Gasteiger partial charge is 0.119 e. The molecule has 3 N–H and O–H groups in total. The van der Waals surface area contributed by atoms with Crippen LogP contribution in [0.4, 0.5) is 0 Å². The van der Waals surface area contributed by atoms with Gasteiger partial charge in [0.05, 0.1) is 12.3 Å². The third-order valence-corrected chi connectivity index (χ3v) is 2.46. The molecular weight excluding hydrogens is 216 g/mol. The summed E-state index contributed by atoms with van der Waals surface area (Å²) >= 11 is 0. The normalized spacial score (nSPS) is 12.3. The summed E-state index contributed by atoms with van der Waals surface area (Å²) in [5.41, 5.74) is 2.73. The van der Waals surface area contributed by atoms with E-state index < -0.39 is 0 Å². The minimum Gasteiger partial charge on any atom is -0.492 e. The molecule has 1 aromatic heterocycles. The Kier molecular flexibility index (Phi) is 4.18. The molecule has 0 radical (unpaired) electrons. The molecule has 0 aliphatic rings. The fourth-order valence-corrected chi connectivity index (χ4v) is 1.55. The molecule has 0 aliphatic heterocycles. The molecule has 0 saturated carbocycles. The molecular formula is C13H16N2O2. The van der Waals surface area contributed by atoms with Crippen LogP contribution < -0.4 is 16.0 Å². The number of benzene rings is 1. The van der Waals surface area contributed by atoms with Crippen molar-refractivity contribution in [3.8, 4) is 5.75 Å². The van der Waals surface area contributed by atoms with Gasteiger partial charge in [0, 0.05) is 6.42 Å². The SMILES string of the molecule is NNC(COc1ccccc1)Cc1ccco1. The number of furan rings is 1. The van der Waals surface area contributed by atoms with Gasteiger partial charge < -0.3 is 9.15 Å². The van der Waals surface area contributed by atoms with E-state index >= 15 is 0 Å². The minimum atomic E-state index is 0.0290. The molecule has 0 aliphatic carbocycles. The molecule has 4 heteroatoms. The number of ether oxygens (including phenoxy) is 1. The van der Waals surface area contributed by atoms with Gasteiger partial charge in [-0.25, -0.2) is 0 Å². The van der Waals surface area contributed by atoms with Crippen LogP contribution in [0, 0.1) is 0 Å². The van der Waals surface area contributed by atoms with Crippen molar-refractivity contribution in [2.75, 3.05) is 6.61 Å². The highest BCUT2D eigenvalue weighted by Gasteiger charge is 2.10. The van der Waals surface area contributed by atoms with Gasteiger partial charge in [-0.2, -0.15) is 0 Å². The van der Waals surface area contributed by atoms with E-state index in [1.165, 1.54) is 0 Å². The first kappa shape index (κ1) is 11.7. The van der Waals surface area contributed by atoms with Gasteiger partial charge in [0.1, 0.15) is 18.1 Å². The number of hydrogen-bond donors (Lipinski definition) is 2. The van der Waals surface area contributed by atoms with Crippen molar-refractivity contribution in [2.45, 2.75) is 12.5 Å². The Balaban J connectivity index is 1.84. The highest BCUT2D eigenvalue weighted by atomic mass is 16.5. The first-order valence-corrected chi connectivity index (χ1v) is 5.55. The third-order valence-electron chi connectivity index (χ3n) is 2.46. The molecule has 2 aromatic rings. The summed E-state index contributed by atoms with van der Waals surface area (Å²) < 4.78 is 10.9. The topological polar surface area (TPSA) is 60.4 Å². The van der Waals surface area contributed by atoms with E-state index in [-0.39, 0.29) is 6.04 Å². The fourth-order valence-electron chi connectivity index (χ4n) is 1.55. The molecule has 2 rings (SSSR count). The lowest BCUT2D eigenvalue weighted by Gasteiger charge is -2.15. The fraction of sp³-hybridized carbons (Fsp3) is 0.231. The van der Waals surface area contributed by atoms with E-state index in [2.05, 4.69) is 5.43 Å². The molecule has 1 heterocycles. The Bertz CT molecular complexity index is 414. The van der Waals surface area contributed by atoms with Crippen LogP contribution in [0.15, 0.2) is 53.1 Å². The Morgan fingerprint density at radius 1 is 1.18 bits per heavy atom. The van der Waals surface area contributed by atoms with Gasteiger partial charge in [-0.15, -0.1) is 0 Å². The molecule has 1 aromatic carbocycles. The van der Waals surface area contributed by atoms with E-state index in [0.717, 1.165) is 11.5 Å². The molecule has 0 spiro atoms. The maximum atomic E-state index is 5.62. The molecule has 0 fully saturated rings. The van der Waals surface area contributed by atoms with Crippen LogP contribution in [-0.4, -0.2) is 12.6 Å². The number of nitrogens with one attached hydrogen (secondary N) is 1. The van der Waals surface area contributed by atoms with Crippen LogP contribution >= 0.6 is 0 Å². The maximum Gasteiger partial charge on any atom is 0.119 e. The van der Waals surface area contributed by atoms with Crippen LogP contribution in [0.1, 0.15) is 5.76 Å². The molecule has 0 amide bonds. The Hall–Kier alpha value is -1.78. The highest BCUT2D eigenvalue weighted by Crippen LogP contribution is 2.10. The monoisotopic (exact) mass is 232 g/mol. The van der Waals surface area contributed by atoms with E-state index in [1.807, 2.05) is 42.5 Å². The standard InChI is InChI=1S/C13H16N2O2/c14-15-11(9-13-7-4-8-16-13)10-17-12-5-2-1-3-6-12/h1-8,11,15H,9-10,14H2. The average Bonchev–Trinajstić information content (AvgIpc) is 2.88. The summed E-state index contributed by atoms with van der Waals surface area (Å²) in [6.07, 6.45) is 2.36. The van der Waals surface area contributed by atoms with Crippen molar-refractivity contribution in [3.05, 3.63) is 54.5 Å². The van der Waals surface area contributed by atoms with Crippen LogP contribution in [0.25, 0.3) is 0 Å². The lowest BCUT2D eigenvalue weighted by molar-refractivity contribution is 0.258. The zero-order valence-corrected chi connectivity index (χ0v) is 9.50. The summed E-state index contributed by atoms with van der Waals surface area (Å²) in [6.45, 7) is 0.501. The van der Waals surface area contributed by atoms with Crippen LogP contribution in [0.2, 0.25) is 0 Å². The largest absolute Gasteiger partial charge is 0.492 e. The zero-order valence-electron chi connectivity index (χ0n) is 9.50. The second kappa shape index (κ2) is 6.08. The second-order valence-corrected chi connectivity index (χ2v) is 3.77. The van der Waals surface area contributed by atoms with Gasteiger partial charge in [0.2, 0.25) is 0 Å². The van der Waals surface area contributed by atoms with Crippen LogP contribution in [0.5, 0.6) is 5.75 Å². The van der Waals surface area contributed by atoms with Crippen LogP contribution in [-0.2, 0) is 6.42 Å². The first-order chi connectivity index (χ1) is 8.38. The number of para-hydroxylation sites is 1. The van der Waals surface area contributed by atoms with E-state index in [4.69, 9.17) is 15.0 Å². The summed E-state index contributed by atoms with van der Waals surface area (Å²) in [5.74, 6) is 7.21. The van der Waals surface area contributed by atoms with Crippen LogP contribution in [0.3, 0.4) is 0 Å². The molecule has 0 bridgehead atoms. The van der Waals surface area contributed by atoms with Crippen molar-refractivity contribution in [3.63, 3.8) is 0 Å². The van der Waals surface area contributed by atoms with Crippen molar-refractivity contribution >= 4 is 0 Å². The van der Waals surface area contributed by atoms with Crippen molar-refractivity contribution in [2.24, 2.45) is 5.84 Å². The average molecular weight is 232 g/mol. The van der Waals surface area contributed by atoms with E-state index in [0.29, 0.717) is 13.0 Å². The third kappa shape index (κ3) is 3.62. The van der Waals surface area contributed by atoms with Crippen molar-refractivity contribution < 1.29 is 9.15 Å². The molecule has 1 atom stereocenters. The summed E-state index contributed by atoms with van der Waals surface area (Å²) in [6, 6.07) is 13.5. The van der Waals surface area contributed by atoms with Gasteiger partial charge >= 0.3 is 0 Å². The zero-order chi connectivity index (χ0) is 11.9. The van der Waals surface area contributed by atoms with Gasteiger partial charge in [0.15, 0.2) is 0 Å². The molecule has 0 saturated heterocycles. The summed E-state index contributed by atoms with van der Waals surface area (Å²) in [4.78, 5) is 0. The lowest BCUT2D eigenvalue weighted by atomic mass is 10.2. The molecule has 4 nitrogen and oxygen atoms in total. The van der Waals surface area contributed by atoms with E-state index in [9.17, 15) is 0 Å². The Labute approximate surface area is 100 Å². The van der Waals surface area contributed by atoms with Gasteiger partial charge in [-0.05, 0) is 24.3 Å². The predicted molar refractivity (Wildman–Crippen MR) is 65.5 cm³/mol. The predicted octanol–water partition coefficient (Wildman–Crippen LogP) is 1.73. The highest BCUT2D eigenvalue weighted by molar-refractivity contribution is 5.21. The number of hydrogen-bond acceptors (Lipinski definition) is 4. The quantitative estimate of drug-likeness (QED) is 0.588. The first-order valence-electron chi connectivity index (χ1n) is 5.55. The number of hydrazine groups is 1. The summed E-state index contributed by atoms with van der Waals surface area (Å²) in [7, 11) is 0. The Morgan fingerprint density at radius 3 is 2.65 bits per heavy atom. The molecule has 17 heavy (non-hydrogen) atoms. The second-order valence-electron chi connectivity index (χ2n) is 3.77. The van der Waals surface area contributed by atoms with Gasteiger partial charge in [0.25, 0.3) is 0 Å². The maximum absolute atomic E-state index is 5.62. The summed E-state index contributed by atoms with van der Waals surface area (Å²) in [5, 5.41) is 0. The van der Waals surface area contributed by atoms with Gasteiger partial charge in [-0.1, -0.05) is 18.2 Å². The van der Waals surface area contributed by atoms with Gasteiger partial charge in [-0.3, -0.25) is 11.3 Å². The molecule has 90 valence electrons.